The highest BCUT2D eigenvalue weighted by molar-refractivity contribution is 6.30. The highest BCUT2D eigenvalue weighted by Gasteiger charge is 2.21. The fourth-order valence-corrected chi connectivity index (χ4v) is 2.89. The van der Waals surface area contributed by atoms with Gasteiger partial charge in [-0.2, -0.15) is 0 Å². The van der Waals surface area contributed by atoms with E-state index in [2.05, 4.69) is 12.1 Å². The van der Waals surface area contributed by atoms with Gasteiger partial charge in [0.15, 0.2) is 0 Å². The van der Waals surface area contributed by atoms with Crippen molar-refractivity contribution in [2.75, 3.05) is 13.1 Å². The number of carbonyl (C=O) groups is 1. The Labute approximate surface area is 128 Å². The second kappa shape index (κ2) is 5.78. The van der Waals surface area contributed by atoms with Crippen molar-refractivity contribution in [2.45, 2.75) is 12.8 Å². The predicted molar refractivity (Wildman–Crippen MR) is 82.9 cm³/mol. The van der Waals surface area contributed by atoms with Crippen LogP contribution in [-0.4, -0.2) is 29.0 Å². The van der Waals surface area contributed by atoms with Crippen molar-refractivity contribution in [3.05, 3.63) is 64.2 Å². The molecule has 0 aliphatic carbocycles. The average molecular weight is 302 g/mol. The third-order valence-corrected chi connectivity index (χ3v) is 4.13. The summed E-state index contributed by atoms with van der Waals surface area (Å²) in [4.78, 5) is 14.4. The molecular formula is C17H16ClNO2. The second-order valence-electron chi connectivity index (χ2n) is 5.22. The minimum atomic E-state index is -0.142. The van der Waals surface area contributed by atoms with E-state index in [9.17, 15) is 9.90 Å². The third-order valence-electron chi connectivity index (χ3n) is 3.90. The molecule has 0 fully saturated rings. The third kappa shape index (κ3) is 2.88. The van der Waals surface area contributed by atoms with Crippen molar-refractivity contribution in [3.8, 4) is 5.75 Å². The van der Waals surface area contributed by atoms with Crippen LogP contribution in [0.25, 0.3) is 0 Å². The first-order valence-corrected chi connectivity index (χ1v) is 7.37. The SMILES string of the molecule is O=C(c1ccc(Cl)cc1O)N1CCc2ccccc2CC1. The highest BCUT2D eigenvalue weighted by atomic mass is 35.5. The normalized spacial score (nSPS) is 14.4. The molecule has 1 N–H and O–H groups in total. The summed E-state index contributed by atoms with van der Waals surface area (Å²) in [5.41, 5.74) is 2.91. The number of aromatic hydroxyl groups is 1. The molecule has 21 heavy (non-hydrogen) atoms. The maximum absolute atomic E-state index is 12.6. The van der Waals surface area contributed by atoms with Gasteiger partial charge in [-0.3, -0.25) is 4.79 Å². The number of benzene rings is 2. The Morgan fingerprint density at radius 1 is 1.05 bits per heavy atom. The molecule has 0 saturated heterocycles. The van der Waals surface area contributed by atoms with Gasteiger partial charge in [0, 0.05) is 18.1 Å². The molecule has 0 saturated carbocycles. The zero-order valence-corrected chi connectivity index (χ0v) is 12.3. The number of phenols is 1. The average Bonchev–Trinajstić information content (AvgIpc) is 2.69. The number of nitrogens with zero attached hydrogens (tertiary/aromatic N) is 1. The molecule has 0 spiro atoms. The number of hydrogen-bond donors (Lipinski definition) is 1. The van der Waals surface area contributed by atoms with Crippen LogP contribution >= 0.6 is 11.6 Å². The first-order valence-electron chi connectivity index (χ1n) is 7.00. The summed E-state index contributed by atoms with van der Waals surface area (Å²) in [6.07, 6.45) is 1.69. The van der Waals surface area contributed by atoms with Crippen molar-refractivity contribution in [3.63, 3.8) is 0 Å². The lowest BCUT2D eigenvalue weighted by atomic mass is 10.0. The van der Waals surface area contributed by atoms with E-state index in [0.717, 1.165) is 12.8 Å². The quantitative estimate of drug-likeness (QED) is 0.878. The van der Waals surface area contributed by atoms with Crippen molar-refractivity contribution < 1.29 is 9.90 Å². The van der Waals surface area contributed by atoms with Gasteiger partial charge in [0.1, 0.15) is 5.75 Å². The van der Waals surface area contributed by atoms with Crippen molar-refractivity contribution in [1.82, 2.24) is 4.90 Å². The van der Waals surface area contributed by atoms with E-state index >= 15 is 0 Å². The zero-order valence-electron chi connectivity index (χ0n) is 11.6. The van der Waals surface area contributed by atoms with E-state index in [-0.39, 0.29) is 11.7 Å². The van der Waals surface area contributed by atoms with Gasteiger partial charge in [-0.25, -0.2) is 0 Å². The molecule has 0 aromatic heterocycles. The van der Waals surface area contributed by atoms with Gasteiger partial charge in [0.2, 0.25) is 0 Å². The number of carbonyl (C=O) groups excluding carboxylic acids is 1. The number of amides is 1. The first-order chi connectivity index (χ1) is 10.1. The Balaban J connectivity index is 1.81. The van der Waals surface area contributed by atoms with Crippen molar-refractivity contribution >= 4 is 17.5 Å². The smallest absolute Gasteiger partial charge is 0.257 e. The first kappa shape index (κ1) is 14.0. The Kier molecular flexibility index (Phi) is 3.84. The van der Waals surface area contributed by atoms with Crippen LogP contribution in [-0.2, 0) is 12.8 Å². The Hall–Kier alpha value is -2.00. The summed E-state index contributed by atoms with van der Waals surface area (Å²) in [7, 11) is 0. The minimum absolute atomic E-state index is 0.0609. The maximum Gasteiger partial charge on any atom is 0.257 e. The lowest BCUT2D eigenvalue weighted by molar-refractivity contribution is 0.0760. The minimum Gasteiger partial charge on any atom is -0.507 e. The molecule has 0 bridgehead atoms. The number of halogens is 1. The summed E-state index contributed by atoms with van der Waals surface area (Å²) < 4.78 is 0. The summed E-state index contributed by atoms with van der Waals surface area (Å²) in [5, 5.41) is 10.3. The van der Waals surface area contributed by atoms with Crippen LogP contribution in [0.15, 0.2) is 42.5 Å². The van der Waals surface area contributed by atoms with Crippen LogP contribution in [0.1, 0.15) is 21.5 Å². The van der Waals surface area contributed by atoms with Crippen molar-refractivity contribution in [2.24, 2.45) is 0 Å². The molecule has 3 nitrogen and oxygen atoms in total. The molecular weight excluding hydrogens is 286 g/mol. The van der Waals surface area contributed by atoms with Gasteiger partial charge in [-0.15, -0.1) is 0 Å². The fraction of sp³-hybridized carbons (Fsp3) is 0.235. The van der Waals surface area contributed by atoms with Gasteiger partial charge in [0.25, 0.3) is 5.91 Å². The van der Waals surface area contributed by atoms with Crippen molar-refractivity contribution in [1.29, 1.82) is 0 Å². The fourth-order valence-electron chi connectivity index (χ4n) is 2.73. The molecule has 2 aromatic carbocycles. The molecule has 108 valence electrons. The van der Waals surface area contributed by atoms with E-state index in [4.69, 9.17) is 11.6 Å². The van der Waals surface area contributed by atoms with Gasteiger partial charge in [-0.1, -0.05) is 35.9 Å². The van der Waals surface area contributed by atoms with E-state index in [1.54, 1.807) is 17.0 Å². The van der Waals surface area contributed by atoms with E-state index in [1.165, 1.54) is 17.2 Å². The largest absolute Gasteiger partial charge is 0.507 e. The van der Waals surface area contributed by atoms with E-state index < -0.39 is 0 Å². The maximum atomic E-state index is 12.6. The summed E-state index contributed by atoms with van der Waals surface area (Å²) in [5.74, 6) is -0.203. The van der Waals surface area contributed by atoms with Gasteiger partial charge < -0.3 is 10.0 Å². The number of hydrogen-bond acceptors (Lipinski definition) is 2. The standard InChI is InChI=1S/C17H16ClNO2/c18-14-5-6-15(16(20)11-14)17(21)19-9-7-12-3-1-2-4-13(12)8-10-19/h1-6,11,20H,7-10H2. The molecule has 0 radical (unpaired) electrons. The predicted octanol–water partition coefficient (Wildman–Crippen LogP) is 3.29. The van der Waals surface area contributed by atoms with Crippen LogP contribution in [0.2, 0.25) is 5.02 Å². The van der Waals surface area contributed by atoms with Crippen LogP contribution in [0, 0.1) is 0 Å². The van der Waals surface area contributed by atoms with Gasteiger partial charge >= 0.3 is 0 Å². The van der Waals surface area contributed by atoms with Crippen LogP contribution in [0.4, 0.5) is 0 Å². The number of phenolic OH excluding ortho intramolecular Hbond substituents is 1. The Morgan fingerprint density at radius 3 is 2.24 bits per heavy atom. The molecule has 1 amide bonds. The molecule has 4 heteroatoms. The van der Waals surface area contributed by atoms with E-state index in [0.29, 0.717) is 23.7 Å². The number of rotatable bonds is 1. The van der Waals surface area contributed by atoms with Gasteiger partial charge in [-0.05, 0) is 42.2 Å². The second-order valence-corrected chi connectivity index (χ2v) is 5.66. The molecule has 3 rings (SSSR count). The van der Waals surface area contributed by atoms with Crippen LogP contribution in [0.5, 0.6) is 5.75 Å². The molecule has 1 aliphatic rings. The highest BCUT2D eigenvalue weighted by Crippen LogP contribution is 2.24. The zero-order chi connectivity index (χ0) is 14.8. The molecule has 2 aromatic rings. The summed E-state index contributed by atoms with van der Waals surface area (Å²) in [6.45, 7) is 1.33. The molecule has 0 unspecified atom stereocenters. The Bertz CT molecular complexity index is 657. The summed E-state index contributed by atoms with van der Waals surface area (Å²) in [6, 6.07) is 12.9. The number of fused-ring (bicyclic) bond motifs is 1. The van der Waals surface area contributed by atoms with Gasteiger partial charge in [0.05, 0.1) is 5.56 Å². The molecule has 1 heterocycles. The topological polar surface area (TPSA) is 40.5 Å². The monoisotopic (exact) mass is 301 g/mol. The lowest BCUT2D eigenvalue weighted by Gasteiger charge is -2.20. The van der Waals surface area contributed by atoms with E-state index in [1.807, 2.05) is 12.1 Å². The molecule has 0 atom stereocenters. The van der Waals surface area contributed by atoms with Crippen LogP contribution in [0.3, 0.4) is 0 Å². The lowest BCUT2D eigenvalue weighted by Crippen LogP contribution is -2.33. The van der Waals surface area contributed by atoms with Crippen LogP contribution < -0.4 is 0 Å². The summed E-state index contributed by atoms with van der Waals surface area (Å²) >= 11 is 5.81. The Morgan fingerprint density at radius 2 is 1.67 bits per heavy atom. The molecule has 1 aliphatic heterocycles.